The average molecular weight is 302 g/mol. The van der Waals surface area contributed by atoms with Crippen LogP contribution in [-0.4, -0.2) is 45.4 Å². The fraction of sp³-hybridized carbons (Fsp3) is 0.467. The van der Waals surface area contributed by atoms with Crippen LogP contribution < -0.4 is 4.74 Å². The van der Waals surface area contributed by atoms with Gasteiger partial charge in [-0.05, 0) is 32.8 Å². The molecule has 3 rings (SSSR count). The summed E-state index contributed by atoms with van der Waals surface area (Å²) in [6.07, 6.45) is 3.17. The number of ether oxygens (including phenoxy) is 1. The molecule has 0 bridgehead atoms. The van der Waals surface area contributed by atoms with Gasteiger partial charge in [0.15, 0.2) is 0 Å². The molecule has 1 fully saturated rings. The minimum absolute atomic E-state index is 0.0676. The number of amides is 1. The third-order valence-corrected chi connectivity index (χ3v) is 3.71. The van der Waals surface area contributed by atoms with E-state index in [1.165, 1.54) is 6.20 Å². The predicted octanol–water partition coefficient (Wildman–Crippen LogP) is 1.77. The van der Waals surface area contributed by atoms with E-state index < -0.39 is 0 Å². The van der Waals surface area contributed by atoms with Gasteiger partial charge in [-0.1, -0.05) is 5.16 Å². The first-order chi connectivity index (χ1) is 10.6. The summed E-state index contributed by atoms with van der Waals surface area (Å²) in [7, 11) is 0. The van der Waals surface area contributed by atoms with Crippen molar-refractivity contribution < 1.29 is 14.1 Å². The highest BCUT2D eigenvalue weighted by atomic mass is 16.5. The molecule has 116 valence electrons. The number of rotatable bonds is 3. The van der Waals surface area contributed by atoms with Crippen molar-refractivity contribution >= 4 is 5.91 Å². The molecule has 1 atom stereocenters. The first-order valence-corrected chi connectivity index (χ1v) is 7.31. The molecule has 1 aliphatic heterocycles. The summed E-state index contributed by atoms with van der Waals surface area (Å²) in [5.41, 5.74) is 1.35. The van der Waals surface area contributed by atoms with Crippen LogP contribution in [0.3, 0.4) is 0 Å². The van der Waals surface area contributed by atoms with Gasteiger partial charge in [-0.3, -0.25) is 4.79 Å². The van der Waals surface area contributed by atoms with Crippen LogP contribution in [0.15, 0.2) is 22.9 Å². The molecule has 1 unspecified atom stereocenters. The van der Waals surface area contributed by atoms with Gasteiger partial charge in [0.1, 0.15) is 17.4 Å². The highest BCUT2D eigenvalue weighted by Gasteiger charge is 2.27. The highest BCUT2D eigenvalue weighted by molar-refractivity contribution is 5.94. The summed E-state index contributed by atoms with van der Waals surface area (Å²) in [4.78, 5) is 14.2. The van der Waals surface area contributed by atoms with Gasteiger partial charge in [0.05, 0.1) is 18.4 Å². The molecule has 0 aliphatic carbocycles. The predicted molar refractivity (Wildman–Crippen MR) is 77.6 cm³/mol. The second-order valence-corrected chi connectivity index (χ2v) is 5.44. The first kappa shape index (κ1) is 14.5. The van der Waals surface area contributed by atoms with Crippen LogP contribution in [0.2, 0.25) is 0 Å². The monoisotopic (exact) mass is 302 g/mol. The van der Waals surface area contributed by atoms with Crippen LogP contribution in [0.25, 0.3) is 0 Å². The lowest BCUT2D eigenvalue weighted by atomic mass is 10.1. The molecule has 2 aromatic heterocycles. The molecule has 3 heterocycles. The van der Waals surface area contributed by atoms with Crippen LogP contribution in [-0.2, 0) is 0 Å². The smallest absolute Gasteiger partial charge is 0.259 e. The maximum absolute atomic E-state index is 12.5. The average Bonchev–Trinajstić information content (AvgIpc) is 2.95. The number of hydrogen-bond acceptors (Lipinski definition) is 6. The third kappa shape index (κ3) is 3.08. The summed E-state index contributed by atoms with van der Waals surface area (Å²) in [5.74, 6) is 0.963. The molecule has 1 aliphatic rings. The quantitative estimate of drug-likeness (QED) is 0.859. The van der Waals surface area contributed by atoms with E-state index in [1.54, 1.807) is 17.9 Å². The minimum Gasteiger partial charge on any atom is -0.471 e. The van der Waals surface area contributed by atoms with Crippen LogP contribution in [0, 0.1) is 13.8 Å². The van der Waals surface area contributed by atoms with Gasteiger partial charge in [0.2, 0.25) is 5.88 Å². The molecule has 2 aromatic rings. The molecular weight excluding hydrogens is 284 g/mol. The van der Waals surface area contributed by atoms with Crippen molar-refractivity contribution in [2.24, 2.45) is 0 Å². The second kappa shape index (κ2) is 6.13. The van der Waals surface area contributed by atoms with E-state index in [4.69, 9.17) is 9.26 Å². The maximum Gasteiger partial charge on any atom is 0.259 e. The summed E-state index contributed by atoms with van der Waals surface area (Å²) < 4.78 is 10.8. The van der Waals surface area contributed by atoms with E-state index in [-0.39, 0.29) is 12.0 Å². The van der Waals surface area contributed by atoms with Crippen molar-refractivity contribution in [2.75, 3.05) is 13.1 Å². The molecule has 7 nitrogen and oxygen atoms in total. The lowest BCUT2D eigenvalue weighted by Crippen LogP contribution is -2.44. The summed E-state index contributed by atoms with van der Waals surface area (Å²) >= 11 is 0. The highest BCUT2D eigenvalue weighted by Crippen LogP contribution is 2.19. The number of nitrogens with zero attached hydrogens (tertiary/aromatic N) is 4. The van der Waals surface area contributed by atoms with Crippen molar-refractivity contribution in [1.82, 2.24) is 20.3 Å². The Kier molecular flexibility index (Phi) is 4.04. The van der Waals surface area contributed by atoms with Gasteiger partial charge in [-0.25, -0.2) is 0 Å². The molecule has 0 saturated carbocycles. The zero-order valence-corrected chi connectivity index (χ0v) is 12.7. The molecule has 22 heavy (non-hydrogen) atoms. The van der Waals surface area contributed by atoms with Crippen molar-refractivity contribution in [2.45, 2.75) is 32.8 Å². The van der Waals surface area contributed by atoms with Gasteiger partial charge in [0, 0.05) is 12.6 Å². The zero-order chi connectivity index (χ0) is 15.5. The number of hydrogen-bond donors (Lipinski definition) is 0. The molecule has 0 radical (unpaired) electrons. The molecule has 0 spiro atoms. The Morgan fingerprint density at radius 1 is 1.36 bits per heavy atom. The molecule has 0 aromatic carbocycles. The Morgan fingerprint density at radius 2 is 2.23 bits per heavy atom. The Balaban J connectivity index is 1.65. The van der Waals surface area contributed by atoms with Crippen LogP contribution >= 0.6 is 0 Å². The number of piperidine rings is 1. The number of aryl methyl sites for hydroxylation is 2. The van der Waals surface area contributed by atoms with Crippen molar-refractivity contribution in [3.8, 4) is 5.88 Å². The summed E-state index contributed by atoms with van der Waals surface area (Å²) in [5, 5.41) is 11.6. The van der Waals surface area contributed by atoms with Gasteiger partial charge in [0.25, 0.3) is 5.91 Å². The van der Waals surface area contributed by atoms with E-state index in [1.807, 2.05) is 13.0 Å². The first-order valence-electron chi connectivity index (χ1n) is 7.31. The van der Waals surface area contributed by atoms with E-state index in [9.17, 15) is 4.79 Å². The Labute approximate surface area is 128 Å². The van der Waals surface area contributed by atoms with Gasteiger partial charge in [-0.15, -0.1) is 5.10 Å². The summed E-state index contributed by atoms with van der Waals surface area (Å²) in [6.45, 7) is 4.85. The molecular formula is C15H18N4O3. The van der Waals surface area contributed by atoms with Crippen molar-refractivity contribution in [3.05, 3.63) is 35.3 Å². The van der Waals surface area contributed by atoms with E-state index >= 15 is 0 Å². The van der Waals surface area contributed by atoms with E-state index in [2.05, 4.69) is 15.4 Å². The number of carbonyl (C=O) groups excluding carboxylic acids is 1. The molecule has 1 saturated heterocycles. The summed E-state index contributed by atoms with van der Waals surface area (Å²) in [6, 6.07) is 3.65. The standard InChI is InChI=1S/C15H18N4O3/c1-10-5-6-14(18-17-10)21-12-4-3-7-19(9-12)15(20)13-8-16-22-11(13)2/h5-6,8,12H,3-4,7,9H2,1-2H3. The number of carbonyl (C=O) groups is 1. The fourth-order valence-electron chi connectivity index (χ4n) is 2.51. The van der Waals surface area contributed by atoms with Crippen molar-refractivity contribution in [3.63, 3.8) is 0 Å². The third-order valence-electron chi connectivity index (χ3n) is 3.71. The second-order valence-electron chi connectivity index (χ2n) is 5.44. The number of likely N-dealkylation sites (tertiary alicyclic amines) is 1. The maximum atomic E-state index is 12.5. The normalized spacial score (nSPS) is 18.3. The Bertz CT molecular complexity index is 653. The van der Waals surface area contributed by atoms with Gasteiger partial charge in [-0.2, -0.15) is 5.10 Å². The topological polar surface area (TPSA) is 81.4 Å². The van der Waals surface area contributed by atoms with Crippen LogP contribution in [0.5, 0.6) is 5.88 Å². The number of aromatic nitrogens is 3. The minimum atomic E-state index is -0.0742. The van der Waals surface area contributed by atoms with Crippen LogP contribution in [0.4, 0.5) is 0 Å². The largest absolute Gasteiger partial charge is 0.471 e. The lowest BCUT2D eigenvalue weighted by molar-refractivity contribution is 0.0524. The molecule has 1 amide bonds. The van der Waals surface area contributed by atoms with E-state index in [0.29, 0.717) is 30.3 Å². The lowest BCUT2D eigenvalue weighted by Gasteiger charge is -2.32. The molecule has 7 heteroatoms. The van der Waals surface area contributed by atoms with Crippen LogP contribution in [0.1, 0.15) is 34.7 Å². The van der Waals surface area contributed by atoms with Gasteiger partial charge >= 0.3 is 0 Å². The van der Waals surface area contributed by atoms with Crippen molar-refractivity contribution in [1.29, 1.82) is 0 Å². The zero-order valence-electron chi connectivity index (χ0n) is 12.7. The van der Waals surface area contributed by atoms with E-state index in [0.717, 1.165) is 18.5 Å². The Morgan fingerprint density at radius 3 is 2.91 bits per heavy atom. The Hall–Kier alpha value is -2.44. The fourth-order valence-corrected chi connectivity index (χ4v) is 2.51. The van der Waals surface area contributed by atoms with Gasteiger partial charge < -0.3 is 14.2 Å². The molecule has 0 N–H and O–H groups in total. The SMILES string of the molecule is Cc1ccc(OC2CCCN(C(=O)c3cnoc3C)C2)nn1.